The summed E-state index contributed by atoms with van der Waals surface area (Å²) < 4.78 is 16.7. The predicted octanol–water partition coefficient (Wildman–Crippen LogP) is 2.23. The van der Waals surface area contributed by atoms with Crippen molar-refractivity contribution in [2.24, 2.45) is 0 Å². The molecule has 0 radical (unpaired) electrons. The van der Waals surface area contributed by atoms with Crippen LogP contribution < -0.4 is 9.47 Å². The molecular formula is C17H20N2O5S. The molecule has 2 aromatic rings. The van der Waals surface area contributed by atoms with Gasteiger partial charge in [0.2, 0.25) is 0 Å². The van der Waals surface area contributed by atoms with Crippen LogP contribution >= 0.6 is 11.3 Å². The van der Waals surface area contributed by atoms with Crippen LogP contribution in [-0.4, -0.2) is 67.5 Å². The van der Waals surface area contributed by atoms with E-state index in [0.29, 0.717) is 23.1 Å². The molecule has 1 aliphatic heterocycles. The number of para-hydroxylation sites is 1. The Morgan fingerprint density at radius 1 is 1.40 bits per heavy atom. The van der Waals surface area contributed by atoms with E-state index in [4.69, 9.17) is 19.3 Å². The third-order valence-corrected chi connectivity index (χ3v) is 4.79. The van der Waals surface area contributed by atoms with Crippen LogP contribution in [0.4, 0.5) is 0 Å². The highest BCUT2D eigenvalue weighted by atomic mass is 32.1. The number of hydrogen-bond donors (Lipinski definition) is 1. The highest BCUT2D eigenvalue weighted by Gasteiger charge is 2.18. The molecule has 7 nitrogen and oxygen atoms in total. The van der Waals surface area contributed by atoms with Crippen LogP contribution in [0.5, 0.6) is 11.5 Å². The lowest BCUT2D eigenvalue weighted by Gasteiger charge is -2.26. The Balaban J connectivity index is 1.77. The van der Waals surface area contributed by atoms with Gasteiger partial charge >= 0.3 is 5.97 Å². The highest BCUT2D eigenvalue weighted by Crippen LogP contribution is 2.39. The molecule has 1 aromatic heterocycles. The maximum Gasteiger partial charge on any atom is 0.355 e. The monoisotopic (exact) mass is 364 g/mol. The first-order valence-corrected chi connectivity index (χ1v) is 8.86. The van der Waals surface area contributed by atoms with Crippen molar-refractivity contribution in [2.75, 3.05) is 46.6 Å². The van der Waals surface area contributed by atoms with Gasteiger partial charge in [0.1, 0.15) is 11.6 Å². The molecule has 1 saturated heterocycles. The Hall–Kier alpha value is -2.16. The molecule has 0 aliphatic carbocycles. The van der Waals surface area contributed by atoms with Gasteiger partial charge in [-0.05, 0) is 12.1 Å². The molecule has 2 heterocycles. The number of morpholine rings is 1. The SMILES string of the molecule is COc1cccc(-c2nc(C(=O)O)cs2)c1OCCN1CCOCC1. The predicted molar refractivity (Wildman–Crippen MR) is 93.8 cm³/mol. The first kappa shape index (κ1) is 17.7. The summed E-state index contributed by atoms with van der Waals surface area (Å²) in [7, 11) is 1.58. The highest BCUT2D eigenvalue weighted by molar-refractivity contribution is 7.13. The van der Waals surface area contributed by atoms with E-state index >= 15 is 0 Å². The molecule has 0 saturated carbocycles. The third kappa shape index (κ3) is 4.28. The molecule has 0 atom stereocenters. The summed E-state index contributed by atoms with van der Waals surface area (Å²) in [6.45, 7) is 4.59. The number of nitrogens with zero attached hydrogens (tertiary/aromatic N) is 2. The van der Waals surface area contributed by atoms with Crippen molar-refractivity contribution < 1.29 is 24.1 Å². The number of aromatic nitrogens is 1. The van der Waals surface area contributed by atoms with E-state index in [1.165, 1.54) is 16.7 Å². The van der Waals surface area contributed by atoms with E-state index in [0.717, 1.165) is 38.4 Å². The lowest BCUT2D eigenvalue weighted by atomic mass is 10.2. The average Bonchev–Trinajstić information content (AvgIpc) is 3.13. The van der Waals surface area contributed by atoms with Crippen molar-refractivity contribution in [3.8, 4) is 22.1 Å². The van der Waals surface area contributed by atoms with Gasteiger partial charge in [-0.25, -0.2) is 9.78 Å². The molecular weight excluding hydrogens is 344 g/mol. The van der Waals surface area contributed by atoms with Crippen molar-refractivity contribution in [3.63, 3.8) is 0 Å². The number of ether oxygens (including phenoxy) is 3. The Labute approximate surface area is 149 Å². The maximum absolute atomic E-state index is 11.1. The zero-order valence-corrected chi connectivity index (χ0v) is 14.8. The van der Waals surface area contributed by atoms with Crippen molar-refractivity contribution in [2.45, 2.75) is 0 Å². The first-order chi connectivity index (χ1) is 12.2. The van der Waals surface area contributed by atoms with Crippen LogP contribution in [0.2, 0.25) is 0 Å². The van der Waals surface area contributed by atoms with Crippen molar-refractivity contribution >= 4 is 17.3 Å². The quantitative estimate of drug-likeness (QED) is 0.807. The fourth-order valence-electron chi connectivity index (χ4n) is 2.59. The normalized spacial score (nSPS) is 15.1. The van der Waals surface area contributed by atoms with Crippen LogP contribution in [0.1, 0.15) is 10.5 Å². The van der Waals surface area contributed by atoms with Gasteiger partial charge in [0.15, 0.2) is 17.2 Å². The Morgan fingerprint density at radius 3 is 2.88 bits per heavy atom. The molecule has 0 unspecified atom stereocenters. The number of hydrogen-bond acceptors (Lipinski definition) is 7. The first-order valence-electron chi connectivity index (χ1n) is 7.98. The molecule has 134 valence electrons. The minimum absolute atomic E-state index is 0.0297. The van der Waals surface area contributed by atoms with Gasteiger partial charge < -0.3 is 19.3 Å². The van der Waals surface area contributed by atoms with Crippen molar-refractivity contribution in [1.29, 1.82) is 0 Å². The molecule has 1 aliphatic rings. The number of benzene rings is 1. The minimum atomic E-state index is -1.04. The number of rotatable bonds is 7. The zero-order chi connectivity index (χ0) is 17.6. The van der Waals surface area contributed by atoms with E-state index in [-0.39, 0.29) is 5.69 Å². The van der Waals surface area contributed by atoms with E-state index in [9.17, 15) is 4.79 Å². The number of aromatic carboxylic acids is 1. The summed E-state index contributed by atoms with van der Waals surface area (Å²) in [6.07, 6.45) is 0. The number of thiazole rings is 1. The summed E-state index contributed by atoms with van der Waals surface area (Å²) in [5, 5.41) is 11.2. The van der Waals surface area contributed by atoms with Crippen LogP contribution in [0.25, 0.3) is 10.6 Å². The molecule has 0 amide bonds. The molecule has 0 bridgehead atoms. The third-order valence-electron chi connectivity index (χ3n) is 3.91. The second-order valence-electron chi connectivity index (χ2n) is 5.48. The second kappa shape index (κ2) is 8.28. The number of methoxy groups -OCH3 is 1. The van der Waals surface area contributed by atoms with Crippen LogP contribution in [-0.2, 0) is 4.74 Å². The number of carboxylic acids is 1. The average molecular weight is 364 g/mol. The van der Waals surface area contributed by atoms with Crippen molar-refractivity contribution in [3.05, 3.63) is 29.3 Å². The number of carboxylic acid groups (broad SMARTS) is 1. The zero-order valence-electron chi connectivity index (χ0n) is 13.9. The second-order valence-corrected chi connectivity index (χ2v) is 6.34. The van der Waals surface area contributed by atoms with Gasteiger partial charge in [-0.3, -0.25) is 4.90 Å². The van der Waals surface area contributed by atoms with E-state index in [1.54, 1.807) is 7.11 Å². The van der Waals surface area contributed by atoms with E-state index in [1.807, 2.05) is 18.2 Å². The molecule has 1 fully saturated rings. The fraction of sp³-hybridized carbons (Fsp3) is 0.412. The molecule has 1 aromatic carbocycles. The topological polar surface area (TPSA) is 81.1 Å². The Morgan fingerprint density at radius 2 is 2.20 bits per heavy atom. The molecule has 1 N–H and O–H groups in total. The van der Waals surface area contributed by atoms with Crippen molar-refractivity contribution in [1.82, 2.24) is 9.88 Å². The summed E-state index contributed by atoms with van der Waals surface area (Å²) in [4.78, 5) is 17.5. The van der Waals surface area contributed by atoms with Gasteiger partial charge in [-0.1, -0.05) is 6.07 Å². The number of carbonyl (C=O) groups is 1. The van der Waals surface area contributed by atoms with Crippen LogP contribution in [0, 0.1) is 0 Å². The van der Waals surface area contributed by atoms with Crippen LogP contribution in [0.15, 0.2) is 23.6 Å². The van der Waals surface area contributed by atoms with Gasteiger partial charge in [-0.15, -0.1) is 11.3 Å². The summed E-state index contributed by atoms with van der Waals surface area (Å²) in [5.41, 5.74) is 0.765. The van der Waals surface area contributed by atoms with E-state index in [2.05, 4.69) is 9.88 Å². The lowest BCUT2D eigenvalue weighted by Crippen LogP contribution is -2.38. The summed E-state index contributed by atoms with van der Waals surface area (Å²) in [5.74, 6) is 0.149. The Kier molecular flexibility index (Phi) is 5.85. The smallest absolute Gasteiger partial charge is 0.355 e. The summed E-state index contributed by atoms with van der Waals surface area (Å²) >= 11 is 1.27. The van der Waals surface area contributed by atoms with Gasteiger partial charge in [0.05, 0.1) is 25.9 Å². The van der Waals surface area contributed by atoms with E-state index < -0.39 is 5.97 Å². The van der Waals surface area contributed by atoms with Gasteiger partial charge in [-0.2, -0.15) is 0 Å². The standard InChI is InChI=1S/C17H20N2O5S/c1-22-14-4-2-3-12(16-18-13(11-25-16)17(20)21)15(14)24-10-7-19-5-8-23-9-6-19/h2-4,11H,5-10H2,1H3,(H,20,21). The van der Waals surface area contributed by atoms with Gasteiger partial charge in [0.25, 0.3) is 0 Å². The largest absolute Gasteiger partial charge is 0.493 e. The molecule has 3 rings (SSSR count). The lowest BCUT2D eigenvalue weighted by molar-refractivity contribution is 0.0321. The molecule has 8 heteroatoms. The molecule has 0 spiro atoms. The summed E-state index contributed by atoms with van der Waals surface area (Å²) in [6, 6.07) is 5.52. The Bertz CT molecular complexity index is 728. The maximum atomic E-state index is 11.1. The minimum Gasteiger partial charge on any atom is -0.493 e. The van der Waals surface area contributed by atoms with Gasteiger partial charge in [0, 0.05) is 25.0 Å². The van der Waals surface area contributed by atoms with Crippen LogP contribution in [0.3, 0.4) is 0 Å². The molecule has 25 heavy (non-hydrogen) atoms. The fourth-order valence-corrected chi connectivity index (χ4v) is 3.41.